The topological polar surface area (TPSA) is 108 Å². The number of ether oxygens (including phenoxy) is 2. The van der Waals surface area contributed by atoms with Crippen LogP contribution in [0.5, 0.6) is 5.75 Å². The Balaban J connectivity index is 1.30. The van der Waals surface area contributed by atoms with Crippen LogP contribution in [0.2, 0.25) is 5.02 Å². The number of amides is 1. The van der Waals surface area contributed by atoms with Gasteiger partial charge in [0.15, 0.2) is 11.6 Å². The molecule has 2 aromatic carbocycles. The molecule has 0 atom stereocenters. The monoisotopic (exact) mass is 579 g/mol. The van der Waals surface area contributed by atoms with Crippen molar-refractivity contribution in [1.29, 1.82) is 0 Å². The fourth-order valence-electron chi connectivity index (χ4n) is 5.28. The first-order valence-electron chi connectivity index (χ1n) is 13.6. The van der Waals surface area contributed by atoms with Crippen LogP contribution in [0.15, 0.2) is 48.9 Å². The number of hydrogen-bond donors (Lipinski definition) is 1. The van der Waals surface area contributed by atoms with Gasteiger partial charge in [-0.1, -0.05) is 11.6 Å². The highest BCUT2D eigenvalue weighted by molar-refractivity contribution is 6.32. The maximum absolute atomic E-state index is 13.8. The van der Waals surface area contributed by atoms with Crippen LogP contribution in [0.1, 0.15) is 55.1 Å². The van der Waals surface area contributed by atoms with Gasteiger partial charge in [-0.15, -0.1) is 0 Å². The number of halogens is 2. The van der Waals surface area contributed by atoms with Crippen LogP contribution in [-0.4, -0.2) is 51.4 Å². The normalized spacial score (nSPS) is 16.9. The van der Waals surface area contributed by atoms with Gasteiger partial charge in [0.1, 0.15) is 0 Å². The first-order valence-corrected chi connectivity index (χ1v) is 14.0. The molecule has 41 heavy (non-hydrogen) atoms. The average Bonchev–Trinajstić information content (AvgIpc) is 3.36. The summed E-state index contributed by atoms with van der Waals surface area (Å²) in [6, 6.07) is 7.95. The molecular weight excluding hydrogens is 549 g/mol. The SMILES string of the molecule is CCOC(=O)CC1CCC(NC(=O)c2cc(Cl)cc3cnn(Cc4cnc(-c5ccc(F)c(OC)c5)cn4)c23)CC1. The van der Waals surface area contributed by atoms with Gasteiger partial charge in [0.25, 0.3) is 5.91 Å². The van der Waals surface area contributed by atoms with E-state index in [9.17, 15) is 14.0 Å². The molecule has 1 amide bonds. The van der Waals surface area contributed by atoms with Gasteiger partial charge < -0.3 is 14.8 Å². The lowest BCUT2D eigenvalue weighted by atomic mass is 9.84. The summed E-state index contributed by atoms with van der Waals surface area (Å²) in [6.07, 6.45) is 8.62. The largest absolute Gasteiger partial charge is 0.494 e. The summed E-state index contributed by atoms with van der Waals surface area (Å²) in [6.45, 7) is 2.48. The van der Waals surface area contributed by atoms with Gasteiger partial charge in [0.05, 0.1) is 61.3 Å². The zero-order valence-corrected chi connectivity index (χ0v) is 23.7. The van der Waals surface area contributed by atoms with Gasteiger partial charge >= 0.3 is 5.97 Å². The summed E-state index contributed by atoms with van der Waals surface area (Å²) in [7, 11) is 1.41. The van der Waals surface area contributed by atoms with Crippen molar-refractivity contribution in [2.45, 2.75) is 51.6 Å². The maximum atomic E-state index is 13.8. The molecule has 1 aliphatic carbocycles. The summed E-state index contributed by atoms with van der Waals surface area (Å²) in [5.74, 6) is -0.429. The number of rotatable bonds is 9. The molecule has 0 aliphatic heterocycles. The lowest BCUT2D eigenvalue weighted by Crippen LogP contribution is -2.38. The lowest BCUT2D eigenvalue weighted by molar-refractivity contribution is -0.144. The van der Waals surface area contributed by atoms with E-state index in [4.69, 9.17) is 21.1 Å². The number of carbonyl (C=O) groups is 2. The van der Waals surface area contributed by atoms with E-state index in [0.717, 1.165) is 31.1 Å². The van der Waals surface area contributed by atoms with Gasteiger partial charge in [0.2, 0.25) is 0 Å². The zero-order chi connectivity index (χ0) is 28.9. The van der Waals surface area contributed by atoms with Crippen molar-refractivity contribution in [2.75, 3.05) is 13.7 Å². The van der Waals surface area contributed by atoms with E-state index in [1.54, 1.807) is 54.5 Å². The van der Waals surface area contributed by atoms with E-state index in [2.05, 4.69) is 20.4 Å². The summed E-state index contributed by atoms with van der Waals surface area (Å²) >= 11 is 6.36. The number of esters is 1. The molecule has 2 heterocycles. The number of hydrogen-bond acceptors (Lipinski definition) is 7. The Bertz CT molecular complexity index is 1550. The third-order valence-corrected chi connectivity index (χ3v) is 7.57. The minimum Gasteiger partial charge on any atom is -0.494 e. The van der Waals surface area contributed by atoms with Crippen LogP contribution in [0.25, 0.3) is 22.2 Å². The first-order chi connectivity index (χ1) is 19.8. The molecule has 0 unspecified atom stereocenters. The van der Waals surface area contributed by atoms with Crippen LogP contribution < -0.4 is 10.1 Å². The molecule has 1 aliphatic rings. The van der Waals surface area contributed by atoms with Crippen molar-refractivity contribution in [1.82, 2.24) is 25.1 Å². The molecule has 9 nitrogen and oxygen atoms in total. The van der Waals surface area contributed by atoms with Crippen LogP contribution in [0.3, 0.4) is 0 Å². The van der Waals surface area contributed by atoms with E-state index in [-0.39, 0.29) is 36.1 Å². The van der Waals surface area contributed by atoms with E-state index in [1.807, 2.05) is 0 Å². The Morgan fingerprint density at radius 1 is 1.10 bits per heavy atom. The molecule has 0 bridgehead atoms. The Morgan fingerprint density at radius 2 is 1.90 bits per heavy atom. The molecular formula is C30H31ClFN5O4. The number of methoxy groups -OCH3 is 1. The molecule has 1 saturated carbocycles. The van der Waals surface area contributed by atoms with Crippen LogP contribution in [0, 0.1) is 11.7 Å². The predicted molar refractivity (Wildman–Crippen MR) is 152 cm³/mol. The highest BCUT2D eigenvalue weighted by Crippen LogP contribution is 2.29. The maximum Gasteiger partial charge on any atom is 0.306 e. The van der Waals surface area contributed by atoms with Crippen molar-refractivity contribution in [3.05, 3.63) is 71.0 Å². The second-order valence-corrected chi connectivity index (χ2v) is 10.6. The van der Waals surface area contributed by atoms with Crippen LogP contribution >= 0.6 is 11.6 Å². The van der Waals surface area contributed by atoms with Gasteiger partial charge in [-0.25, -0.2) is 4.39 Å². The Labute approximate surface area is 242 Å². The summed E-state index contributed by atoms with van der Waals surface area (Å²) in [5, 5.41) is 8.83. The van der Waals surface area contributed by atoms with Gasteiger partial charge in [-0.05, 0) is 68.9 Å². The van der Waals surface area contributed by atoms with E-state index < -0.39 is 5.82 Å². The third kappa shape index (κ3) is 6.65. The van der Waals surface area contributed by atoms with Gasteiger partial charge in [-0.3, -0.25) is 24.2 Å². The predicted octanol–water partition coefficient (Wildman–Crippen LogP) is 5.58. The number of fused-ring (bicyclic) bond motifs is 1. The summed E-state index contributed by atoms with van der Waals surface area (Å²) in [5.41, 5.74) is 2.96. The Hall–Kier alpha value is -4.05. The number of benzene rings is 2. The molecule has 11 heteroatoms. The van der Waals surface area contributed by atoms with Crippen LogP contribution in [-0.2, 0) is 16.1 Å². The Kier molecular flexibility index (Phi) is 8.78. The lowest BCUT2D eigenvalue weighted by Gasteiger charge is -2.28. The molecule has 1 fully saturated rings. The third-order valence-electron chi connectivity index (χ3n) is 7.35. The van der Waals surface area contributed by atoms with Crippen LogP contribution in [0.4, 0.5) is 4.39 Å². The molecule has 0 saturated heterocycles. The average molecular weight is 580 g/mol. The van der Waals surface area contributed by atoms with Gasteiger partial charge in [0, 0.05) is 28.4 Å². The molecule has 5 rings (SSSR count). The van der Waals surface area contributed by atoms with E-state index >= 15 is 0 Å². The minimum absolute atomic E-state index is 0.00912. The molecule has 1 N–H and O–H groups in total. The van der Waals surface area contributed by atoms with Crippen molar-refractivity contribution in [2.24, 2.45) is 5.92 Å². The zero-order valence-electron chi connectivity index (χ0n) is 22.9. The van der Waals surface area contributed by atoms with Crippen molar-refractivity contribution in [3.63, 3.8) is 0 Å². The fourth-order valence-corrected chi connectivity index (χ4v) is 5.50. The Morgan fingerprint density at radius 3 is 2.61 bits per heavy atom. The smallest absolute Gasteiger partial charge is 0.306 e. The molecule has 0 spiro atoms. The van der Waals surface area contributed by atoms with E-state index in [0.29, 0.717) is 46.1 Å². The second kappa shape index (κ2) is 12.6. The second-order valence-electron chi connectivity index (χ2n) is 10.1. The molecule has 0 radical (unpaired) electrons. The molecule has 2 aromatic heterocycles. The van der Waals surface area contributed by atoms with Crippen molar-refractivity contribution in [3.8, 4) is 17.0 Å². The van der Waals surface area contributed by atoms with Crippen molar-refractivity contribution >= 4 is 34.4 Å². The number of aromatic nitrogens is 4. The number of nitrogens with zero attached hydrogens (tertiary/aromatic N) is 4. The molecule has 214 valence electrons. The summed E-state index contributed by atoms with van der Waals surface area (Å²) < 4.78 is 25.6. The first kappa shape index (κ1) is 28.5. The fraction of sp³-hybridized carbons (Fsp3) is 0.367. The van der Waals surface area contributed by atoms with Crippen molar-refractivity contribution < 1.29 is 23.5 Å². The molecule has 4 aromatic rings. The van der Waals surface area contributed by atoms with Gasteiger partial charge in [-0.2, -0.15) is 5.10 Å². The standard InChI is InChI=1S/C30H31ClFN5O4/c1-3-41-28(38)10-18-4-7-22(8-5-18)36-30(39)24-13-21(31)11-20-14-35-37(29(20)24)17-23-15-34-26(16-33-23)19-6-9-25(32)27(12-19)40-2/h6,9,11-16,18,22H,3-5,7-8,10,17H2,1-2H3,(H,36,39). The summed E-state index contributed by atoms with van der Waals surface area (Å²) in [4.78, 5) is 34.3. The van der Waals surface area contributed by atoms with E-state index in [1.165, 1.54) is 13.2 Å². The number of carbonyl (C=O) groups excluding carboxylic acids is 2. The number of nitrogens with one attached hydrogen (secondary N) is 1. The quantitative estimate of drug-likeness (QED) is 0.258. The highest BCUT2D eigenvalue weighted by Gasteiger charge is 2.26. The minimum atomic E-state index is -0.451. The highest BCUT2D eigenvalue weighted by atomic mass is 35.5.